The fourth-order valence-electron chi connectivity index (χ4n) is 3.17. The number of benzene rings is 1. The number of carbonyl (C=O) groups is 2. The summed E-state index contributed by atoms with van der Waals surface area (Å²) < 4.78 is 10.7. The topological polar surface area (TPSA) is 76.1 Å². The number of hydrogen-bond donors (Lipinski definition) is 3. The lowest BCUT2D eigenvalue weighted by atomic mass is 10.0. The minimum Gasteiger partial charge on any atom is -0.493 e. The van der Waals surface area contributed by atoms with Gasteiger partial charge in [-0.15, -0.1) is 0 Å². The number of ether oxygens (including phenoxy) is 2. The lowest BCUT2D eigenvalue weighted by Crippen LogP contribution is -2.42. The van der Waals surface area contributed by atoms with E-state index in [2.05, 4.69) is 25.3 Å². The molecule has 1 aliphatic carbocycles. The van der Waals surface area contributed by atoms with Gasteiger partial charge in [0.25, 0.3) is 0 Å². The number of carbonyl (C=O) groups excluding carboxylic acids is 1. The van der Waals surface area contributed by atoms with Crippen LogP contribution in [0.25, 0.3) is 0 Å². The molecule has 1 aromatic rings. The van der Waals surface area contributed by atoms with Gasteiger partial charge in [0, 0.05) is 11.5 Å². The number of hydrogen-bond acceptors (Lipinski definition) is 6. The van der Waals surface area contributed by atoms with Gasteiger partial charge >= 0.3 is 5.97 Å². The van der Waals surface area contributed by atoms with E-state index < -0.39 is 11.9 Å². The summed E-state index contributed by atoms with van der Waals surface area (Å²) in [7, 11) is 3.12. The molecule has 0 heterocycles. The maximum atomic E-state index is 12.8. The van der Waals surface area contributed by atoms with Crippen LogP contribution in [-0.2, 0) is 16.0 Å². The molecule has 1 N–H and O–H groups in total. The number of rotatable bonds is 8. The lowest BCUT2D eigenvalue weighted by Gasteiger charge is -2.31. The van der Waals surface area contributed by atoms with Crippen molar-refractivity contribution in [3.05, 3.63) is 23.3 Å². The van der Waals surface area contributed by atoms with E-state index in [0.717, 1.165) is 17.5 Å². The highest BCUT2D eigenvalue weighted by Gasteiger charge is 2.35. The van der Waals surface area contributed by atoms with Crippen LogP contribution in [0.1, 0.15) is 23.6 Å². The summed E-state index contributed by atoms with van der Waals surface area (Å²) in [6, 6.07) is 3.43. The normalized spacial score (nSPS) is 15.8. The summed E-state index contributed by atoms with van der Waals surface area (Å²) in [5, 5.41) is 9.27. The van der Waals surface area contributed by atoms with Crippen LogP contribution in [0.15, 0.2) is 12.1 Å². The van der Waals surface area contributed by atoms with Crippen molar-refractivity contribution in [3.63, 3.8) is 0 Å². The fourth-order valence-corrected chi connectivity index (χ4v) is 3.95. The summed E-state index contributed by atoms with van der Waals surface area (Å²) in [4.78, 5) is 25.6. The summed E-state index contributed by atoms with van der Waals surface area (Å²) >= 11 is 8.39. The summed E-state index contributed by atoms with van der Waals surface area (Å²) in [6.45, 7) is -0.352. The van der Waals surface area contributed by atoms with E-state index >= 15 is 0 Å². The highest BCUT2D eigenvalue weighted by atomic mass is 32.1. The third-order valence-electron chi connectivity index (χ3n) is 4.45. The zero-order valence-electron chi connectivity index (χ0n) is 14.3. The van der Waals surface area contributed by atoms with Crippen molar-refractivity contribution in [2.24, 2.45) is 5.92 Å². The molecule has 8 heteroatoms. The number of carboxylic acids is 1. The smallest absolute Gasteiger partial charge is 0.323 e. The molecule has 1 aromatic carbocycles. The van der Waals surface area contributed by atoms with E-state index in [9.17, 15) is 14.7 Å². The van der Waals surface area contributed by atoms with Gasteiger partial charge in [0.2, 0.25) is 5.91 Å². The standard InChI is InChI=1S/C17H23NO5S2/c1-22-14-5-10-3-4-13(12(10)6-15(14)23-2)18(7-16(19)20)17(21)11(8-24)9-25/h5-6,11,13,24-25H,3-4,7-9H2,1-2H3,(H,19,20). The molecule has 0 bridgehead atoms. The Balaban J connectivity index is 2.41. The Kier molecular flexibility index (Phi) is 6.89. The van der Waals surface area contributed by atoms with Gasteiger partial charge in [-0.25, -0.2) is 0 Å². The number of aliphatic carboxylic acids is 1. The van der Waals surface area contributed by atoms with E-state index in [1.807, 2.05) is 12.1 Å². The minimum absolute atomic E-state index is 0.236. The number of methoxy groups -OCH3 is 2. The van der Waals surface area contributed by atoms with Gasteiger partial charge in [-0.2, -0.15) is 25.3 Å². The van der Waals surface area contributed by atoms with Gasteiger partial charge in [0.05, 0.1) is 26.2 Å². The average molecular weight is 386 g/mol. The highest BCUT2D eigenvalue weighted by Crippen LogP contribution is 2.42. The molecule has 0 aliphatic heterocycles. The third-order valence-corrected chi connectivity index (χ3v) is 5.33. The maximum absolute atomic E-state index is 12.8. The first-order valence-electron chi connectivity index (χ1n) is 7.95. The average Bonchev–Trinajstić information content (AvgIpc) is 3.01. The minimum atomic E-state index is -1.04. The Morgan fingerprint density at radius 2 is 1.84 bits per heavy atom. The van der Waals surface area contributed by atoms with Gasteiger partial charge in [-0.3, -0.25) is 9.59 Å². The number of amides is 1. The summed E-state index contributed by atoms with van der Waals surface area (Å²) in [6.07, 6.45) is 1.41. The Labute approximate surface area is 158 Å². The molecule has 25 heavy (non-hydrogen) atoms. The molecule has 0 fully saturated rings. The van der Waals surface area contributed by atoms with Crippen molar-refractivity contribution >= 4 is 37.1 Å². The van der Waals surface area contributed by atoms with Gasteiger partial charge in [0.1, 0.15) is 6.54 Å². The van der Waals surface area contributed by atoms with Gasteiger partial charge in [-0.1, -0.05) is 0 Å². The molecule has 2 rings (SSSR count). The van der Waals surface area contributed by atoms with Crippen LogP contribution in [0.4, 0.5) is 0 Å². The highest BCUT2D eigenvalue weighted by molar-refractivity contribution is 7.81. The second-order valence-corrected chi connectivity index (χ2v) is 6.61. The molecule has 0 radical (unpaired) electrons. The van der Waals surface area contributed by atoms with Gasteiger partial charge in [0.15, 0.2) is 11.5 Å². The Hall–Kier alpha value is -1.54. The zero-order chi connectivity index (χ0) is 18.6. The van der Waals surface area contributed by atoms with Crippen molar-refractivity contribution in [1.29, 1.82) is 0 Å². The second-order valence-electron chi connectivity index (χ2n) is 5.88. The maximum Gasteiger partial charge on any atom is 0.323 e. The largest absolute Gasteiger partial charge is 0.493 e. The molecule has 0 spiro atoms. The quantitative estimate of drug-likeness (QED) is 0.598. The van der Waals surface area contributed by atoms with E-state index in [-0.39, 0.29) is 18.5 Å². The van der Waals surface area contributed by atoms with Crippen molar-refractivity contribution < 1.29 is 24.2 Å². The Morgan fingerprint density at radius 3 is 2.36 bits per heavy atom. The fraction of sp³-hybridized carbons (Fsp3) is 0.529. The van der Waals surface area contributed by atoms with Crippen molar-refractivity contribution in [1.82, 2.24) is 4.90 Å². The number of aryl methyl sites for hydroxylation is 1. The number of nitrogens with zero attached hydrogens (tertiary/aromatic N) is 1. The second kappa shape index (κ2) is 8.71. The SMILES string of the molecule is COc1cc2c(cc1OC)C(N(CC(=O)O)C(=O)C(CS)CS)CC2. The number of carboxylic acid groups (broad SMARTS) is 1. The molecule has 1 atom stereocenters. The first-order chi connectivity index (χ1) is 12.0. The number of fused-ring (bicyclic) bond motifs is 1. The molecule has 138 valence electrons. The molecule has 0 saturated carbocycles. The van der Waals surface area contributed by atoms with Gasteiger partial charge < -0.3 is 19.5 Å². The predicted molar refractivity (Wildman–Crippen MR) is 101 cm³/mol. The van der Waals surface area contributed by atoms with Crippen LogP contribution >= 0.6 is 25.3 Å². The molecule has 1 aliphatic rings. The van der Waals surface area contributed by atoms with Crippen LogP contribution in [0.3, 0.4) is 0 Å². The predicted octanol–water partition coefficient (Wildman–Crippen LogP) is 2.08. The van der Waals surface area contributed by atoms with Gasteiger partial charge in [-0.05, 0) is 36.1 Å². The Morgan fingerprint density at radius 1 is 1.24 bits per heavy atom. The van der Waals surface area contributed by atoms with E-state index in [4.69, 9.17) is 9.47 Å². The summed E-state index contributed by atoms with van der Waals surface area (Å²) in [5.41, 5.74) is 1.95. The molecule has 0 aromatic heterocycles. The molecule has 0 saturated heterocycles. The van der Waals surface area contributed by atoms with Crippen LogP contribution in [-0.4, -0.2) is 54.2 Å². The lowest BCUT2D eigenvalue weighted by molar-refractivity contribution is -0.147. The van der Waals surface area contributed by atoms with Crippen molar-refractivity contribution in [3.8, 4) is 11.5 Å². The molecule has 1 amide bonds. The zero-order valence-corrected chi connectivity index (χ0v) is 16.1. The summed E-state index contributed by atoms with van der Waals surface area (Å²) in [5.74, 6) is 0.139. The van der Waals surface area contributed by atoms with Crippen LogP contribution in [0, 0.1) is 5.92 Å². The monoisotopic (exact) mass is 385 g/mol. The molecule has 6 nitrogen and oxygen atoms in total. The molecular weight excluding hydrogens is 362 g/mol. The third kappa shape index (κ3) is 4.17. The van der Waals surface area contributed by atoms with E-state index in [1.54, 1.807) is 14.2 Å². The number of thiol groups is 2. The first kappa shape index (κ1) is 19.8. The first-order valence-corrected chi connectivity index (χ1v) is 9.22. The van der Waals surface area contributed by atoms with Crippen LogP contribution in [0.2, 0.25) is 0 Å². The van der Waals surface area contributed by atoms with E-state index in [0.29, 0.717) is 29.4 Å². The van der Waals surface area contributed by atoms with Crippen LogP contribution < -0.4 is 9.47 Å². The van der Waals surface area contributed by atoms with Crippen molar-refractivity contribution in [2.75, 3.05) is 32.3 Å². The Bertz CT molecular complexity index is 648. The van der Waals surface area contributed by atoms with Crippen LogP contribution in [0.5, 0.6) is 11.5 Å². The van der Waals surface area contributed by atoms with E-state index in [1.165, 1.54) is 4.90 Å². The molecule has 1 unspecified atom stereocenters. The molecular formula is C17H23NO5S2. The van der Waals surface area contributed by atoms with Crippen molar-refractivity contribution in [2.45, 2.75) is 18.9 Å².